The summed E-state index contributed by atoms with van der Waals surface area (Å²) in [6.07, 6.45) is -1.45. The first-order valence-corrected chi connectivity index (χ1v) is 6.23. The quantitative estimate of drug-likeness (QED) is 0.760. The minimum atomic E-state index is -4.07. The maximum atomic E-state index is 12.6. The number of alkyl halides is 3. The number of nitrogens with one attached hydrogen (secondary N) is 1. The SMILES string of the molecule is CCC1NC(=O)CC12CCC(C(F)(F)F)CC2. The van der Waals surface area contributed by atoms with E-state index in [4.69, 9.17) is 0 Å². The summed E-state index contributed by atoms with van der Waals surface area (Å²) in [6.45, 7) is 1.98. The minimum Gasteiger partial charge on any atom is -0.353 e. The van der Waals surface area contributed by atoms with Crippen LogP contribution >= 0.6 is 0 Å². The van der Waals surface area contributed by atoms with Crippen molar-refractivity contribution in [1.29, 1.82) is 0 Å². The molecule has 1 atom stereocenters. The van der Waals surface area contributed by atoms with Crippen molar-refractivity contribution in [2.45, 2.75) is 57.7 Å². The second-order valence-corrected chi connectivity index (χ2v) is 5.38. The summed E-state index contributed by atoms with van der Waals surface area (Å²) in [4.78, 5) is 11.4. The van der Waals surface area contributed by atoms with Gasteiger partial charge in [0.05, 0.1) is 5.92 Å². The van der Waals surface area contributed by atoms with Gasteiger partial charge in [-0.05, 0) is 37.5 Å². The zero-order chi connectivity index (χ0) is 12.7. The average molecular weight is 249 g/mol. The van der Waals surface area contributed by atoms with Crippen molar-refractivity contribution in [1.82, 2.24) is 5.32 Å². The number of halogens is 3. The number of carbonyl (C=O) groups excluding carboxylic acids is 1. The lowest BCUT2D eigenvalue weighted by Crippen LogP contribution is -2.41. The molecule has 0 aromatic heterocycles. The lowest BCUT2D eigenvalue weighted by molar-refractivity contribution is -0.187. The van der Waals surface area contributed by atoms with Crippen LogP contribution < -0.4 is 5.32 Å². The van der Waals surface area contributed by atoms with E-state index in [1.54, 1.807) is 0 Å². The largest absolute Gasteiger partial charge is 0.391 e. The molecule has 1 spiro atoms. The Morgan fingerprint density at radius 3 is 2.41 bits per heavy atom. The molecule has 17 heavy (non-hydrogen) atoms. The standard InChI is InChI=1S/C12H18F3NO/c1-2-9-11(7-10(17)16-9)5-3-8(4-6-11)12(13,14)15/h8-9H,2-7H2,1H3,(H,16,17). The van der Waals surface area contributed by atoms with E-state index in [0.29, 0.717) is 19.3 Å². The van der Waals surface area contributed by atoms with E-state index in [1.807, 2.05) is 6.92 Å². The molecule has 1 aliphatic heterocycles. The number of amides is 1. The normalized spacial score (nSPS) is 38.5. The molecule has 0 radical (unpaired) electrons. The molecule has 1 heterocycles. The van der Waals surface area contributed by atoms with Gasteiger partial charge in [-0.2, -0.15) is 13.2 Å². The van der Waals surface area contributed by atoms with E-state index in [0.717, 1.165) is 6.42 Å². The number of rotatable bonds is 1. The smallest absolute Gasteiger partial charge is 0.353 e. The van der Waals surface area contributed by atoms with Crippen molar-refractivity contribution in [2.24, 2.45) is 11.3 Å². The summed E-state index contributed by atoms with van der Waals surface area (Å²) in [7, 11) is 0. The molecule has 2 nitrogen and oxygen atoms in total. The van der Waals surface area contributed by atoms with Crippen molar-refractivity contribution < 1.29 is 18.0 Å². The molecule has 1 aliphatic carbocycles. The van der Waals surface area contributed by atoms with Crippen LogP contribution in [-0.4, -0.2) is 18.1 Å². The van der Waals surface area contributed by atoms with Gasteiger partial charge in [-0.25, -0.2) is 0 Å². The van der Waals surface area contributed by atoms with E-state index in [1.165, 1.54) is 0 Å². The van der Waals surface area contributed by atoms with Gasteiger partial charge in [0, 0.05) is 12.5 Å². The lowest BCUT2D eigenvalue weighted by atomic mass is 9.65. The molecule has 1 saturated heterocycles. The van der Waals surface area contributed by atoms with Crippen LogP contribution in [0.15, 0.2) is 0 Å². The highest BCUT2D eigenvalue weighted by Gasteiger charge is 2.51. The van der Waals surface area contributed by atoms with Crippen molar-refractivity contribution in [3.63, 3.8) is 0 Å². The Labute approximate surface area is 98.9 Å². The Hall–Kier alpha value is -0.740. The summed E-state index contributed by atoms with van der Waals surface area (Å²) >= 11 is 0. The zero-order valence-corrected chi connectivity index (χ0v) is 9.94. The molecule has 98 valence electrons. The van der Waals surface area contributed by atoms with Crippen LogP contribution in [0, 0.1) is 11.3 Å². The van der Waals surface area contributed by atoms with Gasteiger partial charge >= 0.3 is 6.18 Å². The fraction of sp³-hybridized carbons (Fsp3) is 0.917. The Morgan fingerprint density at radius 2 is 1.94 bits per heavy atom. The highest BCUT2D eigenvalue weighted by atomic mass is 19.4. The van der Waals surface area contributed by atoms with Crippen molar-refractivity contribution in [3.8, 4) is 0 Å². The summed E-state index contributed by atoms with van der Waals surface area (Å²) in [6, 6.07) is 0.0733. The first kappa shape index (κ1) is 12.7. The van der Waals surface area contributed by atoms with Gasteiger partial charge in [-0.3, -0.25) is 4.79 Å². The van der Waals surface area contributed by atoms with E-state index in [-0.39, 0.29) is 30.2 Å². The first-order valence-electron chi connectivity index (χ1n) is 6.23. The first-order chi connectivity index (χ1) is 7.87. The van der Waals surface area contributed by atoms with Gasteiger partial charge in [-0.1, -0.05) is 6.92 Å². The van der Waals surface area contributed by atoms with E-state index >= 15 is 0 Å². The maximum absolute atomic E-state index is 12.6. The number of hydrogen-bond donors (Lipinski definition) is 1. The fourth-order valence-electron chi connectivity index (χ4n) is 3.42. The Bertz CT molecular complexity index is 305. The molecule has 2 fully saturated rings. The Kier molecular flexibility index (Phi) is 3.12. The predicted octanol–water partition coefficient (Wildman–Crippen LogP) is 3.02. The van der Waals surface area contributed by atoms with Crippen LogP contribution in [0.2, 0.25) is 0 Å². The van der Waals surface area contributed by atoms with Crippen LogP contribution in [0.4, 0.5) is 13.2 Å². The molecular weight excluding hydrogens is 231 g/mol. The molecule has 1 unspecified atom stereocenters. The summed E-state index contributed by atoms with van der Waals surface area (Å²) in [5.41, 5.74) is -0.201. The highest BCUT2D eigenvalue weighted by Crippen LogP contribution is 2.50. The molecule has 2 rings (SSSR count). The van der Waals surface area contributed by atoms with Crippen molar-refractivity contribution >= 4 is 5.91 Å². The zero-order valence-electron chi connectivity index (χ0n) is 9.94. The third-order valence-electron chi connectivity index (χ3n) is 4.44. The van der Waals surface area contributed by atoms with Crippen LogP contribution in [0.3, 0.4) is 0 Å². The molecule has 1 amide bonds. The van der Waals surface area contributed by atoms with Gasteiger partial charge in [0.2, 0.25) is 5.91 Å². The molecular formula is C12H18F3NO. The summed E-state index contributed by atoms with van der Waals surface area (Å²) in [5.74, 6) is -1.16. The van der Waals surface area contributed by atoms with Gasteiger partial charge in [-0.15, -0.1) is 0 Å². The number of hydrogen-bond acceptors (Lipinski definition) is 1. The van der Waals surface area contributed by atoms with Crippen LogP contribution in [0.5, 0.6) is 0 Å². The molecule has 1 N–H and O–H groups in total. The fourth-order valence-corrected chi connectivity index (χ4v) is 3.42. The molecule has 2 aliphatic rings. The van der Waals surface area contributed by atoms with E-state index < -0.39 is 12.1 Å². The van der Waals surface area contributed by atoms with Crippen molar-refractivity contribution in [2.75, 3.05) is 0 Å². The molecule has 0 bridgehead atoms. The summed E-state index contributed by atoms with van der Waals surface area (Å²) in [5, 5.41) is 2.90. The Morgan fingerprint density at radius 1 is 1.35 bits per heavy atom. The molecule has 5 heteroatoms. The molecule has 0 aromatic rings. The van der Waals surface area contributed by atoms with Crippen molar-refractivity contribution in [3.05, 3.63) is 0 Å². The maximum Gasteiger partial charge on any atom is 0.391 e. The van der Waals surface area contributed by atoms with Gasteiger partial charge in [0.25, 0.3) is 0 Å². The predicted molar refractivity (Wildman–Crippen MR) is 57.3 cm³/mol. The van der Waals surface area contributed by atoms with E-state index in [9.17, 15) is 18.0 Å². The van der Waals surface area contributed by atoms with Crippen LogP contribution in [-0.2, 0) is 4.79 Å². The van der Waals surface area contributed by atoms with Gasteiger partial charge < -0.3 is 5.32 Å². The molecule has 1 saturated carbocycles. The lowest BCUT2D eigenvalue weighted by Gasteiger charge is -2.40. The monoisotopic (exact) mass is 249 g/mol. The summed E-state index contributed by atoms with van der Waals surface area (Å²) < 4.78 is 37.8. The third-order valence-corrected chi connectivity index (χ3v) is 4.44. The highest BCUT2D eigenvalue weighted by molar-refractivity contribution is 5.80. The van der Waals surface area contributed by atoms with Crippen LogP contribution in [0.1, 0.15) is 45.4 Å². The van der Waals surface area contributed by atoms with Gasteiger partial charge in [0.15, 0.2) is 0 Å². The second kappa shape index (κ2) is 4.18. The number of carbonyl (C=O) groups is 1. The topological polar surface area (TPSA) is 29.1 Å². The van der Waals surface area contributed by atoms with E-state index in [2.05, 4.69) is 5.32 Å². The minimum absolute atomic E-state index is 0.00214. The Balaban J connectivity index is 2.04. The van der Waals surface area contributed by atoms with Gasteiger partial charge in [0.1, 0.15) is 0 Å². The molecule has 0 aromatic carbocycles. The van der Waals surface area contributed by atoms with Crippen LogP contribution in [0.25, 0.3) is 0 Å². The average Bonchev–Trinajstić information content (AvgIpc) is 2.54. The second-order valence-electron chi connectivity index (χ2n) is 5.38. The third kappa shape index (κ3) is 2.29.